The molecule has 0 unspecified atom stereocenters. The standard InChI is InChI=1S/C9H12N4O3/c14-6(5-1-2-5)10-3-4-11-9-12-7(15)8(16)13-9/h5H,1-4H2,(H,10,14)(H2,11,12,13,15,16). The number of hydrogen-bond donors (Lipinski definition) is 3. The van der Waals surface area contributed by atoms with Gasteiger partial charge < -0.3 is 5.32 Å². The second-order valence-electron chi connectivity index (χ2n) is 3.70. The Morgan fingerprint density at radius 3 is 2.50 bits per heavy atom. The quantitative estimate of drug-likeness (QED) is 0.384. The summed E-state index contributed by atoms with van der Waals surface area (Å²) in [7, 11) is 0. The molecule has 0 aromatic heterocycles. The van der Waals surface area contributed by atoms with Gasteiger partial charge in [-0.2, -0.15) is 0 Å². The van der Waals surface area contributed by atoms with Crippen molar-refractivity contribution in [3.05, 3.63) is 0 Å². The molecule has 3 amide bonds. The minimum atomic E-state index is -0.708. The third-order valence-corrected chi connectivity index (χ3v) is 2.30. The Bertz CT molecular complexity index is 355. The first-order valence-electron chi connectivity index (χ1n) is 5.11. The molecule has 2 rings (SSSR count). The van der Waals surface area contributed by atoms with Gasteiger partial charge in [0.2, 0.25) is 11.9 Å². The van der Waals surface area contributed by atoms with Crippen molar-refractivity contribution in [2.75, 3.05) is 13.1 Å². The van der Waals surface area contributed by atoms with Crippen molar-refractivity contribution in [1.29, 1.82) is 0 Å². The normalized spacial score (nSPS) is 19.1. The number of hydrogen-bond acceptors (Lipinski definition) is 4. The van der Waals surface area contributed by atoms with Gasteiger partial charge in [-0.1, -0.05) is 0 Å². The van der Waals surface area contributed by atoms with Crippen LogP contribution in [0.4, 0.5) is 0 Å². The van der Waals surface area contributed by atoms with Crippen LogP contribution in [0, 0.1) is 5.92 Å². The van der Waals surface area contributed by atoms with E-state index in [1.54, 1.807) is 0 Å². The average molecular weight is 224 g/mol. The summed E-state index contributed by atoms with van der Waals surface area (Å²) < 4.78 is 0. The Labute approximate surface area is 91.7 Å². The van der Waals surface area contributed by atoms with Gasteiger partial charge >= 0.3 is 11.8 Å². The Morgan fingerprint density at radius 1 is 1.31 bits per heavy atom. The number of carbonyl (C=O) groups is 3. The summed E-state index contributed by atoms with van der Waals surface area (Å²) >= 11 is 0. The number of amides is 3. The molecule has 1 saturated carbocycles. The largest absolute Gasteiger partial charge is 0.354 e. The number of rotatable bonds is 4. The maximum absolute atomic E-state index is 11.2. The zero-order valence-corrected chi connectivity index (χ0v) is 8.58. The first kappa shape index (κ1) is 10.6. The zero-order valence-electron chi connectivity index (χ0n) is 8.58. The first-order valence-corrected chi connectivity index (χ1v) is 5.11. The third-order valence-electron chi connectivity index (χ3n) is 2.30. The molecule has 86 valence electrons. The van der Waals surface area contributed by atoms with E-state index in [2.05, 4.69) is 20.9 Å². The molecule has 0 aromatic rings. The number of carbonyl (C=O) groups excluding carboxylic acids is 3. The lowest BCUT2D eigenvalue weighted by Gasteiger charge is -2.01. The highest BCUT2D eigenvalue weighted by atomic mass is 16.2. The molecule has 1 aliphatic heterocycles. The van der Waals surface area contributed by atoms with Crippen LogP contribution in [0.5, 0.6) is 0 Å². The summed E-state index contributed by atoms with van der Waals surface area (Å²) in [5.74, 6) is -1.03. The van der Waals surface area contributed by atoms with E-state index >= 15 is 0 Å². The summed E-state index contributed by atoms with van der Waals surface area (Å²) in [6.45, 7) is 0.735. The fraction of sp³-hybridized carbons (Fsp3) is 0.556. The minimum absolute atomic E-state index is 0.0553. The van der Waals surface area contributed by atoms with Gasteiger partial charge in [-0.3, -0.25) is 30.0 Å². The molecule has 7 heteroatoms. The van der Waals surface area contributed by atoms with Crippen molar-refractivity contribution in [2.45, 2.75) is 12.8 Å². The lowest BCUT2D eigenvalue weighted by atomic mass is 10.4. The predicted molar refractivity (Wildman–Crippen MR) is 54.3 cm³/mol. The fourth-order valence-corrected chi connectivity index (χ4v) is 1.28. The molecule has 0 bridgehead atoms. The van der Waals surface area contributed by atoms with Crippen molar-refractivity contribution in [3.63, 3.8) is 0 Å². The lowest BCUT2D eigenvalue weighted by Crippen LogP contribution is -2.30. The van der Waals surface area contributed by atoms with Crippen LogP contribution in [0.2, 0.25) is 0 Å². The van der Waals surface area contributed by atoms with E-state index in [4.69, 9.17) is 0 Å². The maximum atomic E-state index is 11.2. The number of aliphatic imine (C=N–C) groups is 1. The van der Waals surface area contributed by atoms with Crippen molar-refractivity contribution >= 4 is 23.7 Å². The second kappa shape index (κ2) is 4.30. The van der Waals surface area contributed by atoms with Crippen LogP contribution in [0.15, 0.2) is 4.99 Å². The Kier molecular flexibility index (Phi) is 2.84. The van der Waals surface area contributed by atoms with Crippen LogP contribution in [-0.2, 0) is 14.4 Å². The maximum Gasteiger partial charge on any atom is 0.316 e. The van der Waals surface area contributed by atoms with E-state index in [1.807, 2.05) is 0 Å². The zero-order chi connectivity index (χ0) is 11.5. The first-order chi connectivity index (χ1) is 7.66. The van der Waals surface area contributed by atoms with Crippen molar-refractivity contribution < 1.29 is 14.4 Å². The van der Waals surface area contributed by atoms with Crippen molar-refractivity contribution in [1.82, 2.24) is 16.0 Å². The van der Waals surface area contributed by atoms with Gasteiger partial charge in [-0.15, -0.1) is 0 Å². The number of guanidine groups is 1. The highest BCUT2D eigenvalue weighted by molar-refractivity contribution is 6.45. The molecular formula is C9H12N4O3. The minimum Gasteiger partial charge on any atom is -0.354 e. The molecule has 0 atom stereocenters. The summed E-state index contributed by atoms with van der Waals surface area (Å²) in [6.07, 6.45) is 1.93. The van der Waals surface area contributed by atoms with E-state index in [9.17, 15) is 14.4 Å². The fourth-order valence-electron chi connectivity index (χ4n) is 1.28. The van der Waals surface area contributed by atoms with Crippen molar-refractivity contribution in [2.24, 2.45) is 10.9 Å². The van der Waals surface area contributed by atoms with Gasteiger partial charge in [-0.25, -0.2) is 0 Å². The van der Waals surface area contributed by atoms with E-state index in [0.717, 1.165) is 12.8 Å². The number of nitrogens with zero attached hydrogens (tertiary/aromatic N) is 1. The molecule has 0 spiro atoms. The summed E-state index contributed by atoms with van der Waals surface area (Å²) in [4.78, 5) is 36.6. The van der Waals surface area contributed by atoms with Gasteiger partial charge in [0.15, 0.2) is 0 Å². The Morgan fingerprint density at radius 2 is 1.94 bits per heavy atom. The lowest BCUT2D eigenvalue weighted by molar-refractivity contribution is -0.135. The summed E-state index contributed by atoms with van der Waals surface area (Å²) in [5.41, 5.74) is 0. The molecule has 7 nitrogen and oxygen atoms in total. The van der Waals surface area contributed by atoms with Crippen LogP contribution in [-0.4, -0.2) is 36.8 Å². The van der Waals surface area contributed by atoms with Crippen LogP contribution in [0.25, 0.3) is 0 Å². The highest BCUT2D eigenvalue weighted by Gasteiger charge is 2.29. The predicted octanol–water partition coefficient (Wildman–Crippen LogP) is -1.89. The molecule has 1 saturated heterocycles. The molecule has 1 heterocycles. The second-order valence-corrected chi connectivity index (χ2v) is 3.70. The molecule has 0 aromatic carbocycles. The molecule has 0 radical (unpaired) electrons. The average Bonchev–Trinajstić information content (AvgIpc) is 3.03. The van der Waals surface area contributed by atoms with Crippen LogP contribution in [0.1, 0.15) is 12.8 Å². The van der Waals surface area contributed by atoms with Crippen LogP contribution < -0.4 is 16.0 Å². The molecule has 2 fully saturated rings. The van der Waals surface area contributed by atoms with Gasteiger partial charge in [0, 0.05) is 12.5 Å². The van der Waals surface area contributed by atoms with Crippen LogP contribution >= 0.6 is 0 Å². The van der Waals surface area contributed by atoms with Gasteiger partial charge in [-0.05, 0) is 12.8 Å². The van der Waals surface area contributed by atoms with E-state index in [0.29, 0.717) is 13.1 Å². The molecule has 1 aliphatic carbocycles. The topological polar surface area (TPSA) is 99.7 Å². The van der Waals surface area contributed by atoms with E-state index in [1.165, 1.54) is 0 Å². The van der Waals surface area contributed by atoms with Gasteiger partial charge in [0.05, 0.1) is 6.54 Å². The highest BCUT2D eigenvalue weighted by Crippen LogP contribution is 2.28. The number of nitrogens with one attached hydrogen (secondary N) is 3. The van der Waals surface area contributed by atoms with Crippen LogP contribution in [0.3, 0.4) is 0 Å². The molecule has 3 N–H and O–H groups in total. The summed E-state index contributed by atoms with van der Waals surface area (Å²) in [5, 5.41) is 7.25. The van der Waals surface area contributed by atoms with E-state index < -0.39 is 11.8 Å². The Hall–Kier alpha value is -1.92. The Balaban J connectivity index is 1.67. The molecule has 16 heavy (non-hydrogen) atoms. The van der Waals surface area contributed by atoms with Gasteiger partial charge in [0.25, 0.3) is 0 Å². The smallest absolute Gasteiger partial charge is 0.316 e. The van der Waals surface area contributed by atoms with E-state index in [-0.39, 0.29) is 17.8 Å². The third kappa shape index (κ3) is 2.56. The summed E-state index contributed by atoms with van der Waals surface area (Å²) in [6, 6.07) is 0. The van der Waals surface area contributed by atoms with Gasteiger partial charge in [0.1, 0.15) is 0 Å². The monoisotopic (exact) mass is 224 g/mol. The molecular weight excluding hydrogens is 212 g/mol. The molecule has 2 aliphatic rings. The SMILES string of the molecule is O=C1NC(=NCCNC(=O)C2CC2)NC1=O. The van der Waals surface area contributed by atoms with Crippen molar-refractivity contribution in [3.8, 4) is 0 Å².